The molecule has 0 fully saturated rings. The summed E-state index contributed by atoms with van der Waals surface area (Å²) < 4.78 is 12.2. The molecule has 1 aromatic carbocycles. The Morgan fingerprint density at radius 3 is 2.84 bits per heavy atom. The Kier molecular flexibility index (Phi) is 6.06. The molecule has 2 aromatic heterocycles. The van der Waals surface area contributed by atoms with Gasteiger partial charge < -0.3 is 29.3 Å². The van der Waals surface area contributed by atoms with Crippen LogP contribution < -0.4 is 15.6 Å². The molecule has 1 atom stereocenters. The summed E-state index contributed by atoms with van der Waals surface area (Å²) in [7, 11) is 3.06. The van der Waals surface area contributed by atoms with Gasteiger partial charge in [-0.05, 0) is 29.8 Å². The van der Waals surface area contributed by atoms with Gasteiger partial charge in [0, 0.05) is 35.7 Å². The predicted molar refractivity (Wildman–Crippen MR) is 119 cm³/mol. The number of aliphatic hydroxyl groups excluding tert-OH is 1. The zero-order chi connectivity index (χ0) is 22.8. The molecular formula is C24H23N3O5. The van der Waals surface area contributed by atoms with E-state index in [1.165, 1.54) is 7.11 Å². The Balaban J connectivity index is 1.98. The number of carbonyl (C=O) groups excluding carboxylic acids is 1. The van der Waals surface area contributed by atoms with E-state index in [2.05, 4.69) is 11.2 Å². The van der Waals surface area contributed by atoms with Crippen molar-refractivity contribution in [1.82, 2.24) is 14.9 Å². The number of aliphatic hydroxyl groups is 1. The third-order valence-corrected chi connectivity index (χ3v) is 5.67. The van der Waals surface area contributed by atoms with Gasteiger partial charge in [-0.25, -0.2) is 4.98 Å². The number of ether oxygens (including phenoxy) is 2. The summed E-state index contributed by atoms with van der Waals surface area (Å²) in [6.45, 7) is 1.17. The van der Waals surface area contributed by atoms with E-state index in [4.69, 9.17) is 20.9 Å². The van der Waals surface area contributed by atoms with E-state index in [1.807, 2.05) is 18.2 Å². The third kappa shape index (κ3) is 3.56. The van der Waals surface area contributed by atoms with Crippen molar-refractivity contribution in [3.63, 3.8) is 0 Å². The Hall–Kier alpha value is -3.51. The highest BCUT2D eigenvalue weighted by Crippen LogP contribution is 2.37. The molecule has 1 aliphatic rings. The minimum atomic E-state index is -1.43. The Labute approximate surface area is 184 Å². The standard InChI is InChI=1S/C24H23N3O5/c1-4-7-25-10-17-15-8-14(32-3)5-6-20(15)26-23-18(17)11-27-21(23)9-16(22(29)12-28)19(13-31-2)24(27)30/h1,5-6,8-9,12,22,25,29H,7,10-11,13H2,2-3H3. The zero-order valence-electron chi connectivity index (χ0n) is 17.8. The van der Waals surface area contributed by atoms with Crippen LogP contribution in [0.3, 0.4) is 0 Å². The third-order valence-electron chi connectivity index (χ3n) is 5.67. The van der Waals surface area contributed by atoms with Crippen LogP contribution in [0.1, 0.15) is 28.4 Å². The number of nitrogens with zero attached hydrogens (tertiary/aromatic N) is 2. The molecule has 2 N–H and O–H groups in total. The van der Waals surface area contributed by atoms with Crippen molar-refractivity contribution in [3.05, 3.63) is 56.9 Å². The molecule has 0 bridgehead atoms. The first-order valence-electron chi connectivity index (χ1n) is 10.1. The van der Waals surface area contributed by atoms with Gasteiger partial charge in [-0.15, -0.1) is 6.42 Å². The van der Waals surface area contributed by atoms with Gasteiger partial charge in [-0.3, -0.25) is 4.79 Å². The van der Waals surface area contributed by atoms with Crippen LogP contribution in [-0.4, -0.2) is 41.7 Å². The first-order chi connectivity index (χ1) is 15.5. The van der Waals surface area contributed by atoms with Gasteiger partial charge in [0.25, 0.3) is 5.56 Å². The number of terminal acetylenes is 1. The molecule has 0 aliphatic carbocycles. The molecule has 0 spiro atoms. The maximum atomic E-state index is 13.3. The number of benzene rings is 1. The monoisotopic (exact) mass is 433 g/mol. The van der Waals surface area contributed by atoms with E-state index in [1.54, 1.807) is 17.7 Å². The molecular weight excluding hydrogens is 410 g/mol. The number of nitrogens with one attached hydrogen (secondary N) is 1. The van der Waals surface area contributed by atoms with Gasteiger partial charge in [0.15, 0.2) is 6.29 Å². The van der Waals surface area contributed by atoms with Crippen LogP contribution in [0.5, 0.6) is 5.75 Å². The summed E-state index contributed by atoms with van der Waals surface area (Å²) in [4.78, 5) is 29.4. The van der Waals surface area contributed by atoms with Gasteiger partial charge in [0.1, 0.15) is 11.9 Å². The smallest absolute Gasteiger partial charge is 0.257 e. The van der Waals surface area contributed by atoms with Crippen molar-refractivity contribution < 1.29 is 19.4 Å². The lowest BCUT2D eigenvalue weighted by atomic mass is 9.99. The summed E-state index contributed by atoms with van der Waals surface area (Å²) in [5, 5.41) is 14.4. The number of pyridine rings is 2. The second-order valence-electron chi connectivity index (χ2n) is 7.48. The number of methoxy groups -OCH3 is 2. The summed E-state index contributed by atoms with van der Waals surface area (Å²) in [5.41, 5.74) is 3.94. The zero-order valence-corrected chi connectivity index (χ0v) is 17.8. The molecule has 0 amide bonds. The molecule has 0 saturated carbocycles. The maximum Gasteiger partial charge on any atom is 0.257 e. The van der Waals surface area contributed by atoms with Crippen molar-refractivity contribution in [1.29, 1.82) is 0 Å². The highest BCUT2D eigenvalue weighted by molar-refractivity contribution is 5.89. The summed E-state index contributed by atoms with van der Waals surface area (Å²) in [6.07, 6.45) is 4.37. The van der Waals surface area contributed by atoms with Crippen molar-refractivity contribution in [2.24, 2.45) is 0 Å². The Bertz CT molecular complexity index is 1310. The van der Waals surface area contributed by atoms with E-state index in [-0.39, 0.29) is 23.3 Å². The van der Waals surface area contributed by atoms with Crippen LogP contribution in [0.2, 0.25) is 0 Å². The van der Waals surface area contributed by atoms with Crippen LogP contribution in [0, 0.1) is 12.3 Å². The van der Waals surface area contributed by atoms with Crippen LogP contribution in [0.25, 0.3) is 22.3 Å². The Morgan fingerprint density at radius 2 is 2.16 bits per heavy atom. The van der Waals surface area contributed by atoms with Crippen LogP contribution in [-0.2, 0) is 29.2 Å². The van der Waals surface area contributed by atoms with Gasteiger partial charge >= 0.3 is 0 Å². The van der Waals surface area contributed by atoms with Gasteiger partial charge in [0.05, 0.1) is 43.7 Å². The number of rotatable bonds is 8. The van der Waals surface area contributed by atoms with Crippen LogP contribution in [0.15, 0.2) is 29.1 Å². The maximum absolute atomic E-state index is 13.3. The first kappa shape index (κ1) is 21.7. The highest BCUT2D eigenvalue weighted by atomic mass is 16.5. The molecule has 8 heteroatoms. The van der Waals surface area contributed by atoms with Gasteiger partial charge in [0.2, 0.25) is 0 Å². The summed E-state index contributed by atoms with van der Waals surface area (Å²) >= 11 is 0. The second-order valence-corrected chi connectivity index (χ2v) is 7.48. The lowest BCUT2D eigenvalue weighted by Gasteiger charge is -2.14. The predicted octanol–water partition coefficient (Wildman–Crippen LogP) is 1.54. The number of aldehydes is 1. The second kappa shape index (κ2) is 8.93. The topological polar surface area (TPSA) is 103 Å². The highest BCUT2D eigenvalue weighted by Gasteiger charge is 2.29. The summed E-state index contributed by atoms with van der Waals surface area (Å²) in [5.74, 6) is 3.27. The SMILES string of the molecule is C#CCNCc1c2c(nc3ccc(OC)cc13)-c1cc(C(O)C=O)c(COC)c(=O)n1C2. The number of carbonyl (C=O) groups is 1. The molecule has 0 saturated heterocycles. The number of fused-ring (bicyclic) bond motifs is 4. The fourth-order valence-electron chi connectivity index (χ4n) is 4.16. The normalized spacial score (nSPS) is 12.8. The number of hydrogen-bond acceptors (Lipinski definition) is 7. The minimum Gasteiger partial charge on any atom is -0.497 e. The van der Waals surface area contributed by atoms with Crippen molar-refractivity contribution in [2.75, 3.05) is 20.8 Å². The number of aromatic nitrogens is 2. The Morgan fingerprint density at radius 1 is 1.34 bits per heavy atom. The average Bonchev–Trinajstić information content (AvgIpc) is 3.18. The fourth-order valence-corrected chi connectivity index (χ4v) is 4.16. The quantitative estimate of drug-likeness (QED) is 0.247. The molecule has 0 radical (unpaired) electrons. The van der Waals surface area contributed by atoms with Crippen LogP contribution in [0.4, 0.5) is 0 Å². The van der Waals surface area contributed by atoms with Crippen molar-refractivity contribution in [2.45, 2.75) is 25.8 Å². The lowest BCUT2D eigenvalue weighted by Crippen LogP contribution is -2.26. The van der Waals surface area contributed by atoms with E-state index in [9.17, 15) is 14.7 Å². The molecule has 32 heavy (non-hydrogen) atoms. The van der Waals surface area contributed by atoms with Gasteiger partial charge in [-0.1, -0.05) is 5.92 Å². The first-order valence-corrected chi connectivity index (χ1v) is 10.1. The molecule has 3 aromatic rings. The lowest BCUT2D eigenvalue weighted by molar-refractivity contribution is -0.115. The molecule has 164 valence electrons. The molecule has 4 rings (SSSR count). The van der Waals surface area contributed by atoms with Crippen molar-refractivity contribution in [3.8, 4) is 29.5 Å². The van der Waals surface area contributed by atoms with E-state index < -0.39 is 6.10 Å². The molecule has 1 aliphatic heterocycles. The average molecular weight is 433 g/mol. The van der Waals surface area contributed by atoms with Crippen LogP contribution >= 0.6 is 0 Å². The molecule has 8 nitrogen and oxygen atoms in total. The van der Waals surface area contributed by atoms with E-state index >= 15 is 0 Å². The summed E-state index contributed by atoms with van der Waals surface area (Å²) in [6, 6.07) is 7.26. The van der Waals surface area contributed by atoms with E-state index in [0.29, 0.717) is 43.1 Å². The van der Waals surface area contributed by atoms with Gasteiger partial charge in [-0.2, -0.15) is 0 Å². The van der Waals surface area contributed by atoms with E-state index in [0.717, 1.165) is 22.0 Å². The molecule has 1 unspecified atom stereocenters. The fraction of sp³-hybridized carbons (Fsp3) is 0.292. The minimum absolute atomic E-state index is 0.0150. The van der Waals surface area contributed by atoms with Crippen molar-refractivity contribution >= 4 is 17.2 Å². The largest absolute Gasteiger partial charge is 0.497 e. The number of hydrogen-bond donors (Lipinski definition) is 2. The molecule has 3 heterocycles.